The average molecular weight is 273 g/mol. The highest BCUT2D eigenvalue weighted by molar-refractivity contribution is 5.89. The summed E-state index contributed by atoms with van der Waals surface area (Å²) < 4.78 is 4.73. The Labute approximate surface area is 120 Å². The number of hydrogen-bond donors (Lipinski definition) is 0. The second kappa shape index (κ2) is 5.96. The van der Waals surface area contributed by atoms with Crippen LogP contribution in [0, 0.1) is 11.8 Å². The molecule has 108 valence electrons. The van der Waals surface area contributed by atoms with E-state index in [-0.39, 0.29) is 5.97 Å². The monoisotopic (exact) mass is 273 g/mol. The largest absolute Gasteiger partial charge is 0.465 e. The van der Waals surface area contributed by atoms with Gasteiger partial charge in [-0.3, -0.25) is 4.90 Å². The topological polar surface area (TPSA) is 29.5 Å². The molecule has 0 aromatic heterocycles. The molecule has 0 radical (unpaired) electrons. The zero-order valence-corrected chi connectivity index (χ0v) is 12.2. The second-order valence-corrected chi connectivity index (χ2v) is 6.27. The molecule has 0 atom stereocenters. The zero-order valence-electron chi connectivity index (χ0n) is 12.2. The number of benzene rings is 1. The van der Waals surface area contributed by atoms with Crippen molar-refractivity contribution in [3.63, 3.8) is 0 Å². The molecule has 2 aliphatic rings. The summed E-state index contributed by atoms with van der Waals surface area (Å²) in [7, 11) is 1.42. The number of rotatable bonds is 7. The van der Waals surface area contributed by atoms with Crippen LogP contribution >= 0.6 is 0 Å². The van der Waals surface area contributed by atoms with Gasteiger partial charge >= 0.3 is 5.97 Å². The SMILES string of the molecule is COC(=O)c1ccc(CN(CC2CC2)CC2CC2)cc1. The van der Waals surface area contributed by atoms with Crippen molar-refractivity contribution in [1.29, 1.82) is 0 Å². The number of hydrogen-bond acceptors (Lipinski definition) is 3. The van der Waals surface area contributed by atoms with Crippen LogP contribution in [0.15, 0.2) is 24.3 Å². The lowest BCUT2D eigenvalue weighted by molar-refractivity contribution is 0.0600. The van der Waals surface area contributed by atoms with Gasteiger partial charge in [0.2, 0.25) is 0 Å². The number of methoxy groups -OCH3 is 1. The molecule has 1 aromatic rings. The molecule has 2 aliphatic carbocycles. The van der Waals surface area contributed by atoms with E-state index >= 15 is 0 Å². The number of ether oxygens (including phenoxy) is 1. The van der Waals surface area contributed by atoms with Gasteiger partial charge in [0.25, 0.3) is 0 Å². The van der Waals surface area contributed by atoms with E-state index in [1.165, 1.54) is 51.4 Å². The van der Waals surface area contributed by atoms with Gasteiger partial charge in [0.1, 0.15) is 0 Å². The Morgan fingerprint density at radius 1 is 1.10 bits per heavy atom. The van der Waals surface area contributed by atoms with Crippen LogP contribution in [0.1, 0.15) is 41.6 Å². The summed E-state index contributed by atoms with van der Waals surface area (Å²) in [6.07, 6.45) is 5.62. The molecule has 0 unspecified atom stereocenters. The fraction of sp³-hybridized carbons (Fsp3) is 0.588. The molecule has 20 heavy (non-hydrogen) atoms. The zero-order chi connectivity index (χ0) is 13.9. The maximum atomic E-state index is 11.4. The maximum Gasteiger partial charge on any atom is 0.337 e. The highest BCUT2D eigenvalue weighted by Gasteiger charge is 2.29. The van der Waals surface area contributed by atoms with Crippen LogP contribution in [-0.4, -0.2) is 31.1 Å². The summed E-state index contributed by atoms with van der Waals surface area (Å²) in [5, 5.41) is 0. The minimum absolute atomic E-state index is 0.260. The third-order valence-corrected chi connectivity index (χ3v) is 4.21. The molecule has 0 spiro atoms. The van der Waals surface area contributed by atoms with Crippen LogP contribution in [-0.2, 0) is 11.3 Å². The predicted octanol–water partition coefficient (Wildman–Crippen LogP) is 3.10. The maximum absolute atomic E-state index is 11.4. The second-order valence-electron chi connectivity index (χ2n) is 6.27. The van der Waals surface area contributed by atoms with Crippen molar-refractivity contribution in [2.45, 2.75) is 32.2 Å². The third kappa shape index (κ3) is 3.83. The first-order valence-corrected chi connectivity index (χ1v) is 7.64. The quantitative estimate of drug-likeness (QED) is 0.715. The van der Waals surface area contributed by atoms with Gasteiger partial charge in [-0.25, -0.2) is 4.79 Å². The average Bonchev–Trinajstić information content (AvgIpc) is 3.35. The normalized spacial score (nSPS) is 18.3. The van der Waals surface area contributed by atoms with E-state index in [1.54, 1.807) is 0 Å². The number of nitrogens with zero attached hydrogens (tertiary/aromatic N) is 1. The molecule has 0 bridgehead atoms. The van der Waals surface area contributed by atoms with Crippen LogP contribution in [0.3, 0.4) is 0 Å². The van der Waals surface area contributed by atoms with E-state index in [1.807, 2.05) is 12.1 Å². The molecule has 1 aromatic carbocycles. The van der Waals surface area contributed by atoms with E-state index in [2.05, 4.69) is 17.0 Å². The standard InChI is InChI=1S/C17H23NO2/c1-20-17(19)16-8-6-15(7-9-16)12-18(10-13-2-3-13)11-14-4-5-14/h6-9,13-14H,2-5,10-12H2,1H3. The van der Waals surface area contributed by atoms with Gasteiger partial charge in [0, 0.05) is 19.6 Å². The van der Waals surface area contributed by atoms with Crippen LogP contribution in [0.2, 0.25) is 0 Å². The minimum atomic E-state index is -0.260. The lowest BCUT2D eigenvalue weighted by atomic mass is 10.1. The number of carbonyl (C=O) groups excluding carboxylic acids is 1. The Hall–Kier alpha value is -1.35. The number of carbonyl (C=O) groups is 1. The lowest BCUT2D eigenvalue weighted by Crippen LogP contribution is -2.27. The van der Waals surface area contributed by atoms with E-state index in [4.69, 9.17) is 4.74 Å². The first-order chi connectivity index (χ1) is 9.74. The lowest BCUT2D eigenvalue weighted by Gasteiger charge is -2.22. The molecule has 3 heteroatoms. The molecule has 0 aliphatic heterocycles. The van der Waals surface area contributed by atoms with Crippen LogP contribution < -0.4 is 0 Å². The van der Waals surface area contributed by atoms with Crippen molar-refractivity contribution in [2.75, 3.05) is 20.2 Å². The van der Waals surface area contributed by atoms with E-state index < -0.39 is 0 Å². The van der Waals surface area contributed by atoms with Gasteiger partial charge in [-0.15, -0.1) is 0 Å². The van der Waals surface area contributed by atoms with Gasteiger partial charge < -0.3 is 4.74 Å². The highest BCUT2D eigenvalue weighted by atomic mass is 16.5. The molecule has 0 saturated heterocycles. The highest BCUT2D eigenvalue weighted by Crippen LogP contribution is 2.34. The van der Waals surface area contributed by atoms with Crippen molar-refractivity contribution >= 4 is 5.97 Å². The number of esters is 1. The van der Waals surface area contributed by atoms with Crippen molar-refractivity contribution in [2.24, 2.45) is 11.8 Å². The fourth-order valence-electron chi connectivity index (χ4n) is 2.66. The Morgan fingerprint density at radius 2 is 1.65 bits per heavy atom. The van der Waals surface area contributed by atoms with Crippen molar-refractivity contribution in [3.05, 3.63) is 35.4 Å². The summed E-state index contributed by atoms with van der Waals surface area (Å²) in [6, 6.07) is 7.85. The predicted molar refractivity (Wildman–Crippen MR) is 78.5 cm³/mol. The molecule has 3 rings (SSSR count). The molecule has 3 nitrogen and oxygen atoms in total. The van der Waals surface area contributed by atoms with Gasteiger partial charge in [-0.2, -0.15) is 0 Å². The van der Waals surface area contributed by atoms with Gasteiger partial charge in [0.15, 0.2) is 0 Å². The van der Waals surface area contributed by atoms with Crippen LogP contribution in [0.25, 0.3) is 0 Å². The molecule has 0 heterocycles. The minimum Gasteiger partial charge on any atom is -0.465 e. The van der Waals surface area contributed by atoms with Crippen LogP contribution in [0.5, 0.6) is 0 Å². The Bertz CT molecular complexity index is 446. The summed E-state index contributed by atoms with van der Waals surface area (Å²) in [5.41, 5.74) is 1.92. The molecule has 0 amide bonds. The molecule has 2 saturated carbocycles. The van der Waals surface area contributed by atoms with Gasteiger partial charge in [0.05, 0.1) is 12.7 Å². The summed E-state index contributed by atoms with van der Waals surface area (Å²) in [6.45, 7) is 3.50. The molecular formula is C17H23NO2. The summed E-state index contributed by atoms with van der Waals surface area (Å²) in [4.78, 5) is 14.0. The third-order valence-electron chi connectivity index (χ3n) is 4.21. The van der Waals surface area contributed by atoms with E-state index in [9.17, 15) is 4.79 Å². The summed E-state index contributed by atoms with van der Waals surface area (Å²) >= 11 is 0. The molecule has 2 fully saturated rings. The van der Waals surface area contributed by atoms with Crippen LogP contribution in [0.4, 0.5) is 0 Å². The Kier molecular flexibility index (Phi) is 4.06. The summed E-state index contributed by atoms with van der Waals surface area (Å²) in [5.74, 6) is 1.61. The Balaban J connectivity index is 1.59. The van der Waals surface area contributed by atoms with Crippen molar-refractivity contribution < 1.29 is 9.53 Å². The molecular weight excluding hydrogens is 250 g/mol. The van der Waals surface area contributed by atoms with Gasteiger partial charge in [-0.05, 0) is 55.2 Å². The van der Waals surface area contributed by atoms with Crippen molar-refractivity contribution in [3.8, 4) is 0 Å². The smallest absolute Gasteiger partial charge is 0.337 e. The van der Waals surface area contributed by atoms with Crippen molar-refractivity contribution in [1.82, 2.24) is 4.90 Å². The first kappa shape index (κ1) is 13.6. The Morgan fingerprint density at radius 3 is 2.10 bits per heavy atom. The van der Waals surface area contributed by atoms with E-state index in [0.29, 0.717) is 5.56 Å². The molecule has 0 N–H and O–H groups in total. The fourth-order valence-corrected chi connectivity index (χ4v) is 2.66. The van der Waals surface area contributed by atoms with Gasteiger partial charge in [-0.1, -0.05) is 12.1 Å². The first-order valence-electron chi connectivity index (χ1n) is 7.64. The van der Waals surface area contributed by atoms with E-state index in [0.717, 1.165) is 18.4 Å².